The summed E-state index contributed by atoms with van der Waals surface area (Å²) in [6.45, 7) is 0.0648. The van der Waals surface area contributed by atoms with E-state index in [1.165, 1.54) is 4.90 Å². The highest BCUT2D eigenvalue weighted by molar-refractivity contribution is 5.76. The number of carbonyl (C=O) groups excluding carboxylic acids is 1. The van der Waals surface area contributed by atoms with Crippen molar-refractivity contribution in [2.45, 2.75) is 0 Å². The van der Waals surface area contributed by atoms with E-state index in [-0.39, 0.29) is 12.5 Å². The Bertz CT molecular complexity index is 101. The quantitative estimate of drug-likeness (QED) is 0.354. The van der Waals surface area contributed by atoms with E-state index in [4.69, 9.17) is 11.1 Å². The van der Waals surface area contributed by atoms with Gasteiger partial charge in [0.15, 0.2) is 5.96 Å². The van der Waals surface area contributed by atoms with Crippen molar-refractivity contribution in [2.24, 2.45) is 5.73 Å². The van der Waals surface area contributed by atoms with Crippen molar-refractivity contribution in [1.82, 2.24) is 4.90 Å². The Balaban J connectivity index is 3.46. The largest absolute Gasteiger partial charge is 0.370 e. The lowest BCUT2D eigenvalue weighted by molar-refractivity contribution is 0.508. The molecule has 45 valence electrons. The lowest BCUT2D eigenvalue weighted by Gasteiger charge is -2.10. The average molecular weight is 114 g/mol. The van der Waals surface area contributed by atoms with Gasteiger partial charge in [0, 0.05) is 7.05 Å². The number of rotatable bonds is 2. The smallest absolute Gasteiger partial charge is 0.219 e. The third-order valence-electron chi connectivity index (χ3n) is 0.713. The van der Waals surface area contributed by atoms with Gasteiger partial charge in [-0.2, -0.15) is 0 Å². The van der Waals surface area contributed by atoms with Crippen LogP contribution in [-0.2, 0) is 4.79 Å². The zero-order valence-electron chi connectivity index (χ0n) is 4.64. The minimum atomic E-state index is -0.117. The molecule has 3 N–H and O–H groups in total. The number of guanidine groups is 1. The molecule has 0 aliphatic rings. The van der Waals surface area contributed by atoms with Crippen LogP contribution in [0, 0.1) is 5.41 Å². The summed E-state index contributed by atoms with van der Waals surface area (Å²) < 4.78 is 0. The van der Waals surface area contributed by atoms with E-state index in [2.05, 4.69) is 0 Å². The second-order valence-electron chi connectivity index (χ2n) is 1.39. The highest BCUT2D eigenvalue weighted by Crippen LogP contribution is 1.72. The van der Waals surface area contributed by atoms with Crippen LogP contribution in [0.1, 0.15) is 0 Å². The molecule has 0 bridgehead atoms. The second-order valence-corrected chi connectivity index (χ2v) is 1.39. The molecule has 0 rings (SSSR count). The molecule has 0 saturated carbocycles. The summed E-state index contributed by atoms with van der Waals surface area (Å²) >= 11 is 0. The molecule has 0 amide bonds. The number of hydrogen-bond acceptors (Lipinski definition) is 2. The molecule has 0 spiro atoms. The first-order chi connectivity index (χ1) is 3.68. The maximum absolute atomic E-state index is 9.60. The number of nitrogens with two attached hydrogens (primary N) is 1. The summed E-state index contributed by atoms with van der Waals surface area (Å²) in [5.41, 5.74) is 4.95. The van der Waals surface area contributed by atoms with Crippen molar-refractivity contribution >= 4 is 12.2 Å². The Morgan fingerprint density at radius 3 is 2.62 bits per heavy atom. The van der Waals surface area contributed by atoms with Crippen LogP contribution in [0.4, 0.5) is 0 Å². The zero-order valence-corrected chi connectivity index (χ0v) is 4.64. The molecule has 0 fully saturated rings. The second kappa shape index (κ2) is 3.01. The molecule has 4 nitrogen and oxygen atoms in total. The van der Waals surface area contributed by atoms with Gasteiger partial charge in [0.05, 0.1) is 6.54 Å². The lowest BCUT2D eigenvalue weighted by Crippen LogP contribution is -2.33. The molecule has 1 radical (unpaired) electrons. The van der Waals surface area contributed by atoms with Crippen LogP contribution in [0.25, 0.3) is 0 Å². The topological polar surface area (TPSA) is 70.2 Å². The van der Waals surface area contributed by atoms with Crippen LogP contribution in [0.15, 0.2) is 0 Å². The minimum absolute atomic E-state index is 0.0648. The molecule has 0 atom stereocenters. The van der Waals surface area contributed by atoms with Gasteiger partial charge in [-0.1, -0.05) is 0 Å². The highest BCUT2D eigenvalue weighted by Gasteiger charge is 1.94. The van der Waals surface area contributed by atoms with Crippen molar-refractivity contribution < 1.29 is 4.79 Å². The predicted molar refractivity (Wildman–Crippen MR) is 30.2 cm³/mol. The third kappa shape index (κ3) is 2.17. The normalized spacial score (nSPS) is 8.12. The molecule has 0 saturated heterocycles. The fourth-order valence-corrected chi connectivity index (χ4v) is 0.182. The molecule has 0 aromatic heterocycles. The van der Waals surface area contributed by atoms with E-state index < -0.39 is 0 Å². The fourth-order valence-electron chi connectivity index (χ4n) is 0.182. The summed E-state index contributed by atoms with van der Waals surface area (Å²) in [7, 11) is 1.55. The first kappa shape index (κ1) is 6.94. The SMILES string of the molecule is CN(C[C]=O)C(=N)N. The standard InChI is InChI=1S/C4H8N3O/c1-7(2-3-8)4(5)6/h2H2,1H3,(H3,5,6). The number of nitrogens with one attached hydrogen (secondary N) is 1. The van der Waals surface area contributed by atoms with Crippen molar-refractivity contribution in [3.05, 3.63) is 0 Å². The van der Waals surface area contributed by atoms with Gasteiger partial charge in [0.25, 0.3) is 0 Å². The van der Waals surface area contributed by atoms with E-state index in [0.29, 0.717) is 0 Å². The number of nitrogens with zero attached hydrogens (tertiary/aromatic N) is 1. The molecule has 0 aliphatic heterocycles. The van der Waals surface area contributed by atoms with Crippen LogP contribution < -0.4 is 5.73 Å². The Morgan fingerprint density at radius 1 is 2.00 bits per heavy atom. The van der Waals surface area contributed by atoms with Gasteiger partial charge in [-0.15, -0.1) is 0 Å². The Morgan fingerprint density at radius 2 is 2.50 bits per heavy atom. The Hall–Kier alpha value is -1.06. The Kier molecular flexibility index (Phi) is 2.61. The van der Waals surface area contributed by atoms with Crippen LogP contribution in [0.2, 0.25) is 0 Å². The van der Waals surface area contributed by atoms with Crippen LogP contribution in [-0.4, -0.2) is 30.7 Å². The van der Waals surface area contributed by atoms with Crippen LogP contribution >= 0.6 is 0 Å². The van der Waals surface area contributed by atoms with E-state index in [9.17, 15) is 4.79 Å². The van der Waals surface area contributed by atoms with Gasteiger partial charge in [0.1, 0.15) is 0 Å². The Labute approximate surface area is 47.8 Å². The van der Waals surface area contributed by atoms with Gasteiger partial charge < -0.3 is 10.6 Å². The molecule has 0 aromatic rings. The zero-order chi connectivity index (χ0) is 6.57. The molecule has 4 heteroatoms. The third-order valence-corrected chi connectivity index (χ3v) is 0.713. The first-order valence-corrected chi connectivity index (χ1v) is 2.08. The maximum Gasteiger partial charge on any atom is 0.219 e. The predicted octanol–water partition coefficient (Wildman–Crippen LogP) is -1.08. The van der Waals surface area contributed by atoms with Gasteiger partial charge in [-0.05, 0) is 0 Å². The highest BCUT2D eigenvalue weighted by atomic mass is 16.1. The molecule has 0 aromatic carbocycles. The summed E-state index contributed by atoms with van der Waals surface area (Å²) in [4.78, 5) is 10.9. The van der Waals surface area contributed by atoms with E-state index in [1.807, 2.05) is 0 Å². The first-order valence-electron chi connectivity index (χ1n) is 2.08. The molecular formula is C4H8N3O. The van der Waals surface area contributed by atoms with Gasteiger partial charge >= 0.3 is 0 Å². The van der Waals surface area contributed by atoms with Crippen molar-refractivity contribution in [1.29, 1.82) is 5.41 Å². The molecule has 0 aliphatic carbocycles. The van der Waals surface area contributed by atoms with Gasteiger partial charge in [-0.25, -0.2) is 0 Å². The fraction of sp³-hybridized carbons (Fsp3) is 0.500. The summed E-state index contributed by atoms with van der Waals surface area (Å²) in [5.74, 6) is -0.117. The lowest BCUT2D eigenvalue weighted by atomic mass is 10.6. The summed E-state index contributed by atoms with van der Waals surface area (Å²) in [6.07, 6.45) is 1.60. The van der Waals surface area contributed by atoms with Crippen LogP contribution in [0.5, 0.6) is 0 Å². The van der Waals surface area contributed by atoms with Crippen molar-refractivity contribution in [3.8, 4) is 0 Å². The van der Waals surface area contributed by atoms with Crippen LogP contribution in [0.3, 0.4) is 0 Å². The van der Waals surface area contributed by atoms with Gasteiger partial charge in [-0.3, -0.25) is 10.2 Å². The van der Waals surface area contributed by atoms with Crippen molar-refractivity contribution in [3.63, 3.8) is 0 Å². The monoisotopic (exact) mass is 114 g/mol. The van der Waals surface area contributed by atoms with E-state index in [1.54, 1.807) is 13.3 Å². The number of hydrogen-bond donors (Lipinski definition) is 2. The van der Waals surface area contributed by atoms with Gasteiger partial charge in [0.2, 0.25) is 6.29 Å². The molecule has 0 unspecified atom stereocenters. The minimum Gasteiger partial charge on any atom is -0.370 e. The molecule has 0 heterocycles. The average Bonchev–Trinajstić information content (AvgIpc) is 1.67. The molecular weight excluding hydrogens is 106 g/mol. The molecule has 8 heavy (non-hydrogen) atoms. The van der Waals surface area contributed by atoms with E-state index >= 15 is 0 Å². The van der Waals surface area contributed by atoms with Crippen molar-refractivity contribution in [2.75, 3.05) is 13.6 Å². The summed E-state index contributed by atoms with van der Waals surface area (Å²) in [5, 5.41) is 6.73. The maximum atomic E-state index is 9.60. The number of likely N-dealkylation sites (N-methyl/N-ethyl adjacent to an activating group) is 1. The van der Waals surface area contributed by atoms with E-state index in [0.717, 1.165) is 0 Å². The summed E-state index contributed by atoms with van der Waals surface area (Å²) in [6, 6.07) is 0.